The second kappa shape index (κ2) is 7.29. The lowest BCUT2D eigenvalue weighted by molar-refractivity contribution is 0.0185. The topological polar surface area (TPSA) is 71.5 Å². The van der Waals surface area contributed by atoms with Crippen LogP contribution in [0.3, 0.4) is 0 Å². The first kappa shape index (κ1) is 17.7. The van der Waals surface area contributed by atoms with Gasteiger partial charge >= 0.3 is 6.09 Å². The molecule has 0 unspecified atom stereocenters. The molecule has 0 spiro atoms. The maximum absolute atomic E-state index is 12.2. The molecule has 1 N–H and O–H groups in total. The average Bonchev–Trinajstić information content (AvgIpc) is 2.45. The minimum absolute atomic E-state index is 0.0930. The van der Waals surface area contributed by atoms with E-state index in [1.807, 2.05) is 20.8 Å². The average molecular weight is 384 g/mol. The molecule has 6 nitrogen and oxygen atoms in total. The minimum Gasteiger partial charge on any atom is -0.444 e. The van der Waals surface area contributed by atoms with E-state index in [1.165, 1.54) is 0 Å². The van der Waals surface area contributed by atoms with Crippen molar-refractivity contribution >= 4 is 27.9 Å². The summed E-state index contributed by atoms with van der Waals surface area (Å²) in [7, 11) is 0. The molecule has 0 aliphatic carbocycles. The van der Waals surface area contributed by atoms with Crippen LogP contribution < -0.4 is 5.32 Å². The number of likely N-dealkylation sites (tertiary alicyclic amines) is 1. The predicted molar refractivity (Wildman–Crippen MR) is 90.2 cm³/mol. The third-order valence-electron chi connectivity index (χ3n) is 3.36. The molecule has 1 aromatic heterocycles. The van der Waals surface area contributed by atoms with E-state index in [0.29, 0.717) is 23.4 Å². The molecule has 1 saturated heterocycles. The number of ether oxygens (including phenoxy) is 1. The molecule has 0 saturated carbocycles. The minimum atomic E-state index is -0.520. The van der Waals surface area contributed by atoms with Crippen molar-refractivity contribution in [2.75, 3.05) is 13.1 Å². The normalized spacial score (nSPS) is 18.4. The number of pyridine rings is 1. The summed E-state index contributed by atoms with van der Waals surface area (Å²) in [4.78, 5) is 30.2. The van der Waals surface area contributed by atoms with Gasteiger partial charge in [0.2, 0.25) is 0 Å². The van der Waals surface area contributed by atoms with Crippen LogP contribution in [0, 0.1) is 0 Å². The highest BCUT2D eigenvalue weighted by molar-refractivity contribution is 9.10. The van der Waals surface area contributed by atoms with Crippen molar-refractivity contribution in [1.82, 2.24) is 15.2 Å². The van der Waals surface area contributed by atoms with Crippen molar-refractivity contribution in [1.29, 1.82) is 0 Å². The third kappa shape index (κ3) is 5.49. The van der Waals surface area contributed by atoms with Crippen LogP contribution in [0.25, 0.3) is 0 Å². The van der Waals surface area contributed by atoms with E-state index in [0.717, 1.165) is 12.8 Å². The zero-order chi connectivity index (χ0) is 17.0. The summed E-state index contributed by atoms with van der Waals surface area (Å²) in [5, 5.41) is 2.94. The van der Waals surface area contributed by atoms with Gasteiger partial charge in [0.25, 0.3) is 5.91 Å². The first-order valence-corrected chi connectivity index (χ1v) is 8.45. The molecule has 0 aromatic carbocycles. The van der Waals surface area contributed by atoms with Gasteiger partial charge in [0.15, 0.2) is 0 Å². The summed E-state index contributed by atoms with van der Waals surface area (Å²) in [5.41, 5.74) is -0.165. The van der Waals surface area contributed by atoms with Crippen LogP contribution in [0.1, 0.15) is 44.1 Å². The van der Waals surface area contributed by atoms with Gasteiger partial charge in [-0.25, -0.2) is 9.78 Å². The molecule has 2 heterocycles. The summed E-state index contributed by atoms with van der Waals surface area (Å²) in [6, 6.07) is 5.10. The number of piperidine rings is 1. The van der Waals surface area contributed by atoms with Crippen LogP contribution in [0.2, 0.25) is 0 Å². The predicted octanol–water partition coefficient (Wildman–Crippen LogP) is 2.97. The Labute approximate surface area is 144 Å². The van der Waals surface area contributed by atoms with Crippen molar-refractivity contribution in [2.24, 2.45) is 0 Å². The Morgan fingerprint density at radius 2 is 2.13 bits per heavy atom. The fraction of sp³-hybridized carbons (Fsp3) is 0.562. The molecule has 1 atom stereocenters. The lowest BCUT2D eigenvalue weighted by Gasteiger charge is -2.34. The van der Waals surface area contributed by atoms with Crippen LogP contribution >= 0.6 is 15.9 Å². The van der Waals surface area contributed by atoms with E-state index in [1.54, 1.807) is 23.1 Å². The SMILES string of the molecule is CC(C)(C)OC(=O)N1CCC[C@@H](NC(=O)c2cccc(Br)n2)C1. The highest BCUT2D eigenvalue weighted by Gasteiger charge is 2.28. The molecule has 2 amide bonds. The molecule has 7 heteroatoms. The van der Waals surface area contributed by atoms with E-state index >= 15 is 0 Å². The van der Waals surface area contributed by atoms with E-state index in [4.69, 9.17) is 4.74 Å². The monoisotopic (exact) mass is 383 g/mol. The number of carbonyl (C=O) groups is 2. The number of nitrogens with one attached hydrogen (secondary N) is 1. The summed E-state index contributed by atoms with van der Waals surface area (Å²) >= 11 is 3.25. The van der Waals surface area contributed by atoms with Crippen LogP contribution in [0.4, 0.5) is 4.79 Å². The number of amides is 2. The van der Waals surface area contributed by atoms with Gasteiger partial charge in [0.1, 0.15) is 15.9 Å². The lowest BCUT2D eigenvalue weighted by Crippen LogP contribution is -2.50. The number of hydrogen-bond donors (Lipinski definition) is 1. The van der Waals surface area contributed by atoms with Gasteiger partial charge in [0, 0.05) is 19.1 Å². The Balaban J connectivity index is 1.93. The van der Waals surface area contributed by atoms with Crippen molar-refractivity contribution in [3.8, 4) is 0 Å². The van der Waals surface area contributed by atoms with Crippen LogP contribution in [0.5, 0.6) is 0 Å². The molecule has 0 bridgehead atoms. The molecule has 1 aromatic rings. The van der Waals surface area contributed by atoms with Gasteiger partial charge in [-0.2, -0.15) is 0 Å². The maximum Gasteiger partial charge on any atom is 0.410 e. The summed E-state index contributed by atoms with van der Waals surface area (Å²) in [6.07, 6.45) is 1.33. The van der Waals surface area contributed by atoms with Crippen molar-refractivity contribution in [3.05, 3.63) is 28.5 Å². The second-order valence-electron chi connectivity index (χ2n) is 6.58. The van der Waals surface area contributed by atoms with E-state index < -0.39 is 5.60 Å². The molecule has 0 radical (unpaired) electrons. The Hall–Kier alpha value is -1.63. The maximum atomic E-state index is 12.2. The van der Waals surface area contributed by atoms with Gasteiger partial charge in [-0.3, -0.25) is 4.79 Å². The largest absolute Gasteiger partial charge is 0.444 e. The second-order valence-corrected chi connectivity index (χ2v) is 7.40. The Morgan fingerprint density at radius 1 is 1.39 bits per heavy atom. The van der Waals surface area contributed by atoms with Crippen molar-refractivity contribution < 1.29 is 14.3 Å². The third-order valence-corrected chi connectivity index (χ3v) is 3.80. The first-order chi connectivity index (χ1) is 10.7. The van der Waals surface area contributed by atoms with Crippen molar-refractivity contribution in [3.63, 3.8) is 0 Å². The number of carbonyl (C=O) groups excluding carboxylic acids is 2. The van der Waals surface area contributed by atoms with Crippen LogP contribution in [-0.4, -0.2) is 46.6 Å². The Kier molecular flexibility index (Phi) is 5.62. The Morgan fingerprint density at radius 3 is 2.78 bits per heavy atom. The van der Waals surface area contributed by atoms with Gasteiger partial charge in [-0.15, -0.1) is 0 Å². The smallest absolute Gasteiger partial charge is 0.410 e. The van der Waals surface area contributed by atoms with Crippen LogP contribution in [-0.2, 0) is 4.74 Å². The highest BCUT2D eigenvalue weighted by Crippen LogP contribution is 2.16. The van der Waals surface area contributed by atoms with Crippen LogP contribution in [0.15, 0.2) is 22.8 Å². The molecule has 1 fully saturated rings. The molecular formula is C16H22BrN3O3. The lowest BCUT2D eigenvalue weighted by atomic mass is 10.1. The highest BCUT2D eigenvalue weighted by atomic mass is 79.9. The molecule has 1 aliphatic heterocycles. The van der Waals surface area contributed by atoms with Gasteiger partial charge in [-0.1, -0.05) is 6.07 Å². The number of halogens is 1. The van der Waals surface area contributed by atoms with Gasteiger partial charge in [0.05, 0.1) is 0 Å². The van der Waals surface area contributed by atoms with E-state index in [9.17, 15) is 9.59 Å². The molecule has 23 heavy (non-hydrogen) atoms. The first-order valence-electron chi connectivity index (χ1n) is 7.66. The van der Waals surface area contributed by atoms with Gasteiger partial charge < -0.3 is 15.0 Å². The number of hydrogen-bond acceptors (Lipinski definition) is 4. The zero-order valence-electron chi connectivity index (χ0n) is 13.6. The van der Waals surface area contributed by atoms with Crippen molar-refractivity contribution in [2.45, 2.75) is 45.3 Å². The Bertz CT molecular complexity index is 586. The standard InChI is InChI=1S/C16H22BrN3O3/c1-16(2,3)23-15(22)20-9-5-6-11(10-20)18-14(21)12-7-4-8-13(17)19-12/h4,7-8,11H,5-6,9-10H2,1-3H3,(H,18,21)/t11-/m1/s1. The summed E-state index contributed by atoms with van der Waals surface area (Å²) < 4.78 is 6.00. The van der Waals surface area contributed by atoms with E-state index in [2.05, 4.69) is 26.2 Å². The number of nitrogens with zero attached hydrogens (tertiary/aromatic N) is 2. The summed E-state index contributed by atoms with van der Waals surface area (Å²) in [6.45, 7) is 6.62. The van der Waals surface area contributed by atoms with Gasteiger partial charge in [-0.05, 0) is 61.7 Å². The number of rotatable bonds is 2. The molecule has 126 valence electrons. The number of aromatic nitrogens is 1. The fourth-order valence-electron chi connectivity index (χ4n) is 2.38. The van der Waals surface area contributed by atoms with E-state index in [-0.39, 0.29) is 18.0 Å². The quantitative estimate of drug-likeness (QED) is 0.796. The molecule has 1 aliphatic rings. The molecule has 2 rings (SSSR count). The zero-order valence-corrected chi connectivity index (χ0v) is 15.2. The fourth-order valence-corrected chi connectivity index (χ4v) is 2.72. The molecular weight excluding hydrogens is 362 g/mol. The summed E-state index contributed by atoms with van der Waals surface area (Å²) in [5.74, 6) is -0.234.